The summed E-state index contributed by atoms with van der Waals surface area (Å²) < 4.78 is 0. The molecule has 1 aliphatic rings. The monoisotopic (exact) mass is 275 g/mol. The SMILES string of the molecule is CI.ClCCN1CCCC1. The van der Waals surface area contributed by atoms with Gasteiger partial charge < -0.3 is 4.90 Å². The lowest BCUT2D eigenvalue weighted by molar-refractivity contribution is 0.361. The van der Waals surface area contributed by atoms with Crippen molar-refractivity contribution in [2.24, 2.45) is 0 Å². The molecule has 0 N–H and O–H groups in total. The van der Waals surface area contributed by atoms with E-state index in [1.54, 1.807) is 0 Å². The van der Waals surface area contributed by atoms with Gasteiger partial charge in [-0.15, -0.1) is 11.6 Å². The molecule has 0 amide bonds. The first kappa shape index (κ1) is 11.0. The summed E-state index contributed by atoms with van der Waals surface area (Å²) >= 11 is 7.69. The van der Waals surface area contributed by atoms with Gasteiger partial charge in [0, 0.05) is 12.4 Å². The van der Waals surface area contributed by atoms with Gasteiger partial charge in [-0.05, 0) is 30.9 Å². The molecule has 0 radical (unpaired) electrons. The Hall–Kier alpha value is 0.980. The predicted molar refractivity (Wildman–Crippen MR) is 56.3 cm³/mol. The lowest BCUT2D eigenvalue weighted by Gasteiger charge is -2.10. The summed E-state index contributed by atoms with van der Waals surface area (Å²) in [6.07, 6.45) is 2.74. The van der Waals surface area contributed by atoms with Gasteiger partial charge in [-0.25, -0.2) is 0 Å². The normalized spacial score (nSPS) is 18.3. The molecule has 0 aromatic carbocycles. The third kappa shape index (κ3) is 4.74. The Morgan fingerprint density at radius 3 is 2.20 bits per heavy atom. The van der Waals surface area contributed by atoms with Crippen LogP contribution in [0, 0.1) is 0 Å². The molecular formula is C7H15ClIN. The molecule has 0 unspecified atom stereocenters. The lowest BCUT2D eigenvalue weighted by atomic mass is 10.4. The minimum Gasteiger partial charge on any atom is -0.302 e. The van der Waals surface area contributed by atoms with Crippen LogP contribution in [0.15, 0.2) is 0 Å². The number of nitrogens with zero attached hydrogens (tertiary/aromatic N) is 1. The number of hydrogen-bond donors (Lipinski definition) is 0. The highest BCUT2D eigenvalue weighted by atomic mass is 127. The van der Waals surface area contributed by atoms with E-state index in [0.29, 0.717) is 0 Å². The Morgan fingerprint density at radius 2 is 1.80 bits per heavy atom. The molecule has 1 aliphatic heterocycles. The van der Waals surface area contributed by atoms with E-state index in [0.717, 1.165) is 12.4 Å². The molecule has 1 heterocycles. The second-order valence-electron chi connectivity index (χ2n) is 2.24. The van der Waals surface area contributed by atoms with Crippen LogP contribution in [0.4, 0.5) is 0 Å². The van der Waals surface area contributed by atoms with E-state index >= 15 is 0 Å². The van der Waals surface area contributed by atoms with Crippen molar-refractivity contribution in [2.75, 3.05) is 30.4 Å². The summed E-state index contributed by atoms with van der Waals surface area (Å²) in [5.74, 6) is 0.792. The zero-order chi connectivity index (χ0) is 7.82. The molecule has 62 valence electrons. The zero-order valence-electron chi connectivity index (χ0n) is 6.45. The van der Waals surface area contributed by atoms with Crippen LogP contribution in [-0.4, -0.2) is 35.3 Å². The molecule has 10 heavy (non-hydrogen) atoms. The topological polar surface area (TPSA) is 3.24 Å². The molecule has 0 aromatic rings. The molecule has 1 fully saturated rings. The van der Waals surface area contributed by atoms with E-state index in [1.807, 2.05) is 4.93 Å². The number of hydrogen-bond acceptors (Lipinski definition) is 1. The molecule has 1 nitrogen and oxygen atoms in total. The molecule has 0 aromatic heterocycles. The first-order chi connectivity index (χ1) is 4.93. The second-order valence-corrected chi connectivity index (χ2v) is 2.62. The standard InChI is InChI=1S/C6H12ClN.CH3I/c7-3-6-8-4-1-2-5-8;1-2/h1-6H2;1H3. The molecular weight excluding hydrogens is 260 g/mol. The van der Waals surface area contributed by atoms with Crippen molar-refractivity contribution in [3.63, 3.8) is 0 Å². The van der Waals surface area contributed by atoms with E-state index in [4.69, 9.17) is 11.6 Å². The van der Waals surface area contributed by atoms with Crippen molar-refractivity contribution in [3.8, 4) is 0 Å². The molecule has 0 bridgehead atoms. The van der Waals surface area contributed by atoms with E-state index < -0.39 is 0 Å². The first-order valence-electron chi connectivity index (χ1n) is 3.59. The predicted octanol–water partition coefficient (Wildman–Crippen LogP) is 2.37. The van der Waals surface area contributed by atoms with Crippen molar-refractivity contribution in [1.82, 2.24) is 4.90 Å². The van der Waals surface area contributed by atoms with Crippen LogP contribution in [0.2, 0.25) is 0 Å². The van der Waals surface area contributed by atoms with Gasteiger partial charge in [0.05, 0.1) is 0 Å². The Balaban J connectivity index is 0.000000371. The average molecular weight is 276 g/mol. The molecule has 0 atom stereocenters. The summed E-state index contributed by atoms with van der Waals surface area (Å²) in [6.45, 7) is 3.63. The maximum absolute atomic E-state index is 5.54. The highest BCUT2D eigenvalue weighted by molar-refractivity contribution is 14.1. The van der Waals surface area contributed by atoms with Crippen molar-refractivity contribution in [2.45, 2.75) is 12.8 Å². The fraction of sp³-hybridized carbons (Fsp3) is 1.00. The number of halogens is 2. The average Bonchev–Trinajstić information content (AvgIpc) is 2.46. The number of rotatable bonds is 2. The van der Waals surface area contributed by atoms with Crippen LogP contribution >= 0.6 is 34.2 Å². The van der Waals surface area contributed by atoms with Crippen LogP contribution in [0.3, 0.4) is 0 Å². The minimum atomic E-state index is 0.792. The zero-order valence-corrected chi connectivity index (χ0v) is 9.36. The third-order valence-corrected chi connectivity index (χ3v) is 1.77. The quantitative estimate of drug-likeness (QED) is 0.552. The van der Waals surface area contributed by atoms with Gasteiger partial charge in [0.25, 0.3) is 0 Å². The second kappa shape index (κ2) is 8.08. The van der Waals surface area contributed by atoms with Crippen molar-refractivity contribution < 1.29 is 0 Å². The van der Waals surface area contributed by atoms with Crippen molar-refractivity contribution >= 4 is 34.2 Å². The van der Waals surface area contributed by atoms with Gasteiger partial charge in [0.2, 0.25) is 0 Å². The van der Waals surface area contributed by atoms with Crippen LogP contribution in [0.5, 0.6) is 0 Å². The molecule has 3 heteroatoms. The first-order valence-corrected chi connectivity index (χ1v) is 6.29. The maximum atomic E-state index is 5.54. The van der Waals surface area contributed by atoms with Gasteiger partial charge in [-0.1, -0.05) is 22.6 Å². The highest BCUT2D eigenvalue weighted by Gasteiger charge is 2.08. The lowest BCUT2D eigenvalue weighted by Crippen LogP contribution is -2.21. The van der Waals surface area contributed by atoms with Crippen LogP contribution < -0.4 is 0 Å². The van der Waals surface area contributed by atoms with Gasteiger partial charge >= 0.3 is 0 Å². The largest absolute Gasteiger partial charge is 0.302 e. The summed E-state index contributed by atoms with van der Waals surface area (Å²) in [7, 11) is 0. The fourth-order valence-electron chi connectivity index (χ4n) is 1.13. The molecule has 0 spiro atoms. The molecule has 1 saturated heterocycles. The van der Waals surface area contributed by atoms with E-state index in [1.165, 1.54) is 25.9 Å². The van der Waals surface area contributed by atoms with Crippen LogP contribution in [0.25, 0.3) is 0 Å². The summed E-state index contributed by atoms with van der Waals surface area (Å²) in [4.78, 5) is 4.38. The Kier molecular flexibility index (Phi) is 8.87. The Labute approximate surface area is 82.3 Å². The van der Waals surface area contributed by atoms with Gasteiger partial charge in [-0.3, -0.25) is 0 Å². The Morgan fingerprint density at radius 1 is 1.30 bits per heavy atom. The van der Waals surface area contributed by atoms with Crippen molar-refractivity contribution in [1.29, 1.82) is 0 Å². The van der Waals surface area contributed by atoms with Gasteiger partial charge in [0.15, 0.2) is 0 Å². The van der Waals surface area contributed by atoms with E-state index in [2.05, 4.69) is 27.5 Å². The summed E-state index contributed by atoms with van der Waals surface area (Å²) in [6, 6.07) is 0. The molecule has 1 rings (SSSR count). The maximum Gasteiger partial charge on any atom is 0.0351 e. The fourth-order valence-corrected chi connectivity index (χ4v) is 1.36. The van der Waals surface area contributed by atoms with E-state index in [9.17, 15) is 0 Å². The summed E-state index contributed by atoms with van der Waals surface area (Å²) in [5, 5.41) is 0. The summed E-state index contributed by atoms with van der Waals surface area (Å²) in [5.41, 5.74) is 0. The van der Waals surface area contributed by atoms with Crippen molar-refractivity contribution in [3.05, 3.63) is 0 Å². The van der Waals surface area contributed by atoms with E-state index in [-0.39, 0.29) is 0 Å². The third-order valence-electron chi connectivity index (χ3n) is 1.60. The smallest absolute Gasteiger partial charge is 0.0351 e. The van der Waals surface area contributed by atoms with Crippen LogP contribution in [-0.2, 0) is 0 Å². The number of alkyl halides is 2. The number of likely N-dealkylation sites (tertiary alicyclic amines) is 1. The molecule has 0 aliphatic carbocycles. The minimum absolute atomic E-state index is 0.792. The Bertz CT molecular complexity index is 64.6. The van der Waals surface area contributed by atoms with Gasteiger partial charge in [0.1, 0.15) is 0 Å². The highest BCUT2D eigenvalue weighted by Crippen LogP contribution is 2.05. The molecule has 0 saturated carbocycles. The van der Waals surface area contributed by atoms with Gasteiger partial charge in [-0.2, -0.15) is 0 Å². The van der Waals surface area contributed by atoms with Crippen LogP contribution in [0.1, 0.15) is 12.8 Å².